The Morgan fingerprint density at radius 2 is 2.15 bits per heavy atom. The van der Waals surface area contributed by atoms with Gasteiger partial charge in [-0.1, -0.05) is 18.5 Å². The maximum atomic E-state index is 12.1. The molecule has 1 fully saturated rings. The predicted molar refractivity (Wildman–Crippen MR) is 75.7 cm³/mol. The normalized spacial score (nSPS) is 18.6. The van der Waals surface area contributed by atoms with Crippen LogP contribution in [0.25, 0.3) is 0 Å². The molecule has 1 saturated heterocycles. The van der Waals surface area contributed by atoms with Gasteiger partial charge in [0.1, 0.15) is 11.8 Å². The van der Waals surface area contributed by atoms with E-state index in [0.29, 0.717) is 30.3 Å². The van der Waals surface area contributed by atoms with Gasteiger partial charge in [-0.3, -0.25) is 9.59 Å². The molecule has 2 rings (SSSR count). The van der Waals surface area contributed by atoms with Crippen molar-refractivity contribution in [2.75, 3.05) is 19.7 Å². The van der Waals surface area contributed by atoms with Crippen molar-refractivity contribution in [2.45, 2.75) is 19.4 Å². The highest BCUT2D eigenvalue weighted by atomic mass is 35.5. The van der Waals surface area contributed by atoms with Crippen LogP contribution in [0.15, 0.2) is 24.3 Å². The summed E-state index contributed by atoms with van der Waals surface area (Å²) in [6.45, 7) is 2.82. The molecule has 0 radical (unpaired) electrons. The topological polar surface area (TPSA) is 58.6 Å². The third-order valence-electron chi connectivity index (χ3n) is 3.21. The smallest absolute Gasteiger partial charge is 0.261 e. The summed E-state index contributed by atoms with van der Waals surface area (Å²) in [5.41, 5.74) is 0. The number of ether oxygens (including phenoxy) is 1. The lowest BCUT2D eigenvalue weighted by Gasteiger charge is -2.34. The monoisotopic (exact) mass is 296 g/mol. The lowest BCUT2D eigenvalue weighted by molar-refractivity contribution is -0.144. The summed E-state index contributed by atoms with van der Waals surface area (Å²) in [6.07, 6.45) is 0.596. The summed E-state index contributed by atoms with van der Waals surface area (Å²) >= 11 is 5.77. The number of halogens is 1. The average Bonchev–Trinajstić information content (AvgIpc) is 2.46. The molecular weight excluding hydrogens is 280 g/mol. The minimum absolute atomic E-state index is 0.0780. The van der Waals surface area contributed by atoms with Crippen LogP contribution in [0.1, 0.15) is 13.3 Å². The first-order chi connectivity index (χ1) is 9.61. The van der Waals surface area contributed by atoms with E-state index in [1.165, 1.54) is 0 Å². The first kappa shape index (κ1) is 14.7. The zero-order valence-electron chi connectivity index (χ0n) is 11.3. The Hall–Kier alpha value is -1.75. The highest BCUT2D eigenvalue weighted by Gasteiger charge is 2.31. The Morgan fingerprint density at radius 1 is 1.45 bits per heavy atom. The lowest BCUT2D eigenvalue weighted by Crippen LogP contribution is -2.57. The first-order valence-corrected chi connectivity index (χ1v) is 6.95. The Labute approximate surface area is 122 Å². The number of carbonyl (C=O) groups excluding carboxylic acids is 2. The molecule has 0 bridgehead atoms. The van der Waals surface area contributed by atoms with E-state index >= 15 is 0 Å². The number of piperazine rings is 1. The highest BCUT2D eigenvalue weighted by molar-refractivity contribution is 6.30. The standard InChI is InChI=1S/C14H17ClN2O3/c1-2-12-14(19)16-7-8-17(12)13(18)9-20-11-5-3-10(15)4-6-11/h3-6,12H,2,7-9H2,1H3,(H,16,19). The van der Waals surface area contributed by atoms with Gasteiger partial charge in [-0.25, -0.2) is 0 Å². The molecule has 1 aromatic carbocycles. The van der Waals surface area contributed by atoms with Gasteiger partial charge < -0.3 is 15.0 Å². The minimum Gasteiger partial charge on any atom is -0.484 e. The maximum Gasteiger partial charge on any atom is 0.261 e. The van der Waals surface area contributed by atoms with Gasteiger partial charge in [0.15, 0.2) is 6.61 Å². The molecule has 0 saturated carbocycles. The molecule has 1 aromatic rings. The zero-order chi connectivity index (χ0) is 14.5. The van der Waals surface area contributed by atoms with Crippen LogP contribution in [0.3, 0.4) is 0 Å². The van der Waals surface area contributed by atoms with Crippen molar-refractivity contribution in [1.82, 2.24) is 10.2 Å². The summed E-state index contributed by atoms with van der Waals surface area (Å²) in [5, 5.41) is 3.37. The first-order valence-electron chi connectivity index (χ1n) is 6.57. The minimum atomic E-state index is -0.398. The molecular formula is C14H17ClN2O3. The molecule has 1 aliphatic heterocycles. The fraction of sp³-hybridized carbons (Fsp3) is 0.429. The van der Waals surface area contributed by atoms with Crippen molar-refractivity contribution in [2.24, 2.45) is 0 Å². The van der Waals surface area contributed by atoms with Gasteiger partial charge >= 0.3 is 0 Å². The molecule has 5 nitrogen and oxygen atoms in total. The average molecular weight is 297 g/mol. The molecule has 1 atom stereocenters. The predicted octanol–water partition coefficient (Wildman–Crippen LogP) is 1.46. The number of hydrogen-bond donors (Lipinski definition) is 1. The third-order valence-corrected chi connectivity index (χ3v) is 3.47. The number of nitrogens with one attached hydrogen (secondary N) is 1. The van der Waals surface area contributed by atoms with Crippen LogP contribution in [0.5, 0.6) is 5.75 Å². The summed E-state index contributed by atoms with van der Waals surface area (Å²) < 4.78 is 5.42. The van der Waals surface area contributed by atoms with E-state index < -0.39 is 6.04 Å². The van der Waals surface area contributed by atoms with E-state index in [0.717, 1.165) is 0 Å². The fourth-order valence-electron chi connectivity index (χ4n) is 2.18. The molecule has 0 aliphatic carbocycles. The molecule has 0 aromatic heterocycles. The van der Waals surface area contributed by atoms with E-state index in [2.05, 4.69) is 5.32 Å². The Kier molecular flexibility index (Phi) is 4.84. The fourth-order valence-corrected chi connectivity index (χ4v) is 2.30. The quantitative estimate of drug-likeness (QED) is 0.915. The van der Waals surface area contributed by atoms with E-state index in [-0.39, 0.29) is 18.4 Å². The Balaban J connectivity index is 1.93. The molecule has 1 heterocycles. The summed E-state index contributed by atoms with van der Waals surface area (Å²) in [6, 6.07) is 6.41. The number of nitrogens with zero attached hydrogens (tertiary/aromatic N) is 1. The van der Waals surface area contributed by atoms with Gasteiger partial charge in [-0.2, -0.15) is 0 Å². The van der Waals surface area contributed by atoms with Crippen molar-refractivity contribution < 1.29 is 14.3 Å². The third kappa shape index (κ3) is 3.42. The van der Waals surface area contributed by atoms with E-state index in [1.54, 1.807) is 29.2 Å². The van der Waals surface area contributed by atoms with Crippen molar-refractivity contribution >= 4 is 23.4 Å². The van der Waals surface area contributed by atoms with Crippen LogP contribution in [0.4, 0.5) is 0 Å². The van der Waals surface area contributed by atoms with Gasteiger partial charge in [0.2, 0.25) is 5.91 Å². The van der Waals surface area contributed by atoms with Crippen molar-refractivity contribution in [3.63, 3.8) is 0 Å². The maximum absolute atomic E-state index is 12.1. The van der Waals surface area contributed by atoms with Crippen molar-refractivity contribution in [3.8, 4) is 5.75 Å². The van der Waals surface area contributed by atoms with Gasteiger partial charge in [0.25, 0.3) is 5.91 Å². The second-order valence-corrected chi connectivity index (χ2v) is 4.98. The van der Waals surface area contributed by atoms with Gasteiger partial charge in [0, 0.05) is 18.1 Å². The van der Waals surface area contributed by atoms with Crippen LogP contribution < -0.4 is 10.1 Å². The van der Waals surface area contributed by atoms with Crippen LogP contribution in [-0.4, -0.2) is 42.5 Å². The molecule has 108 valence electrons. The van der Waals surface area contributed by atoms with Crippen LogP contribution in [0, 0.1) is 0 Å². The molecule has 1 N–H and O–H groups in total. The number of benzene rings is 1. The van der Waals surface area contributed by atoms with Gasteiger partial charge in [0.05, 0.1) is 0 Å². The Bertz CT molecular complexity index is 490. The molecule has 20 heavy (non-hydrogen) atoms. The number of hydrogen-bond acceptors (Lipinski definition) is 3. The van der Waals surface area contributed by atoms with Crippen LogP contribution >= 0.6 is 11.6 Å². The highest BCUT2D eigenvalue weighted by Crippen LogP contribution is 2.16. The largest absolute Gasteiger partial charge is 0.484 e. The van der Waals surface area contributed by atoms with Crippen molar-refractivity contribution in [1.29, 1.82) is 0 Å². The lowest BCUT2D eigenvalue weighted by atomic mass is 10.1. The molecule has 1 aliphatic rings. The van der Waals surface area contributed by atoms with E-state index in [9.17, 15) is 9.59 Å². The van der Waals surface area contributed by atoms with Crippen LogP contribution in [-0.2, 0) is 9.59 Å². The molecule has 0 spiro atoms. The van der Waals surface area contributed by atoms with Gasteiger partial charge in [-0.15, -0.1) is 0 Å². The number of rotatable bonds is 4. The Morgan fingerprint density at radius 3 is 2.80 bits per heavy atom. The molecule has 2 amide bonds. The van der Waals surface area contributed by atoms with Crippen molar-refractivity contribution in [3.05, 3.63) is 29.3 Å². The SMILES string of the molecule is CCC1C(=O)NCCN1C(=O)COc1ccc(Cl)cc1. The van der Waals surface area contributed by atoms with Gasteiger partial charge in [-0.05, 0) is 30.7 Å². The molecule has 6 heteroatoms. The molecule has 1 unspecified atom stereocenters. The van der Waals surface area contributed by atoms with Crippen LogP contribution in [0.2, 0.25) is 5.02 Å². The summed E-state index contributed by atoms with van der Waals surface area (Å²) in [5.74, 6) is 0.303. The van der Waals surface area contributed by atoms with E-state index in [4.69, 9.17) is 16.3 Å². The second kappa shape index (κ2) is 6.61. The van der Waals surface area contributed by atoms with E-state index in [1.807, 2.05) is 6.92 Å². The number of carbonyl (C=O) groups is 2. The zero-order valence-corrected chi connectivity index (χ0v) is 12.0. The summed E-state index contributed by atoms with van der Waals surface area (Å²) in [4.78, 5) is 25.4. The summed E-state index contributed by atoms with van der Waals surface area (Å²) in [7, 11) is 0. The number of amides is 2. The second-order valence-electron chi connectivity index (χ2n) is 4.54.